The summed E-state index contributed by atoms with van der Waals surface area (Å²) in [5, 5.41) is 6.45. The topological polar surface area (TPSA) is 73.8 Å². The third-order valence-corrected chi connectivity index (χ3v) is 5.28. The van der Waals surface area contributed by atoms with Crippen molar-refractivity contribution in [2.24, 2.45) is 4.99 Å². The monoisotopic (exact) mass is 542 g/mol. The molecule has 0 aromatic heterocycles. The molecule has 1 aromatic rings. The molecule has 29 heavy (non-hydrogen) atoms. The Morgan fingerprint density at radius 3 is 2.48 bits per heavy atom. The average Bonchev–Trinajstić information content (AvgIpc) is 2.59. The zero-order chi connectivity index (χ0) is 21.2. The third kappa shape index (κ3) is 12.4. The average molecular weight is 543 g/mol. The fraction of sp³-hybridized carbons (Fsp3) is 0.650. The number of aliphatic imine (C=N–C) groups is 1. The van der Waals surface area contributed by atoms with Gasteiger partial charge in [0.1, 0.15) is 5.82 Å². The van der Waals surface area contributed by atoms with Crippen molar-refractivity contribution in [3.63, 3.8) is 0 Å². The number of unbranched alkanes of at least 4 members (excludes halogenated alkanes) is 1. The number of guanidine groups is 1. The SMILES string of the molecule is CCNC(=NCc1cc(F)ccc1CS(C)(=O)=O)NCCCCN(C)C(C)C.I. The molecule has 168 valence electrons. The summed E-state index contributed by atoms with van der Waals surface area (Å²) >= 11 is 0. The summed E-state index contributed by atoms with van der Waals surface area (Å²) in [6.07, 6.45) is 3.27. The van der Waals surface area contributed by atoms with E-state index in [4.69, 9.17) is 0 Å². The van der Waals surface area contributed by atoms with Gasteiger partial charge in [0.2, 0.25) is 0 Å². The number of benzene rings is 1. The van der Waals surface area contributed by atoms with E-state index in [0.717, 1.165) is 25.9 Å². The van der Waals surface area contributed by atoms with Crippen LogP contribution in [-0.2, 0) is 22.1 Å². The first-order valence-electron chi connectivity index (χ1n) is 9.79. The molecular weight excluding hydrogens is 506 g/mol. The minimum atomic E-state index is -3.20. The Labute approximate surface area is 192 Å². The van der Waals surface area contributed by atoms with Crippen LogP contribution in [0.4, 0.5) is 4.39 Å². The van der Waals surface area contributed by atoms with Gasteiger partial charge in [0.05, 0.1) is 12.3 Å². The molecule has 0 bridgehead atoms. The molecule has 0 fully saturated rings. The van der Waals surface area contributed by atoms with Crippen LogP contribution in [0.2, 0.25) is 0 Å². The van der Waals surface area contributed by atoms with Crippen molar-refractivity contribution in [1.82, 2.24) is 15.5 Å². The maximum absolute atomic E-state index is 13.6. The number of hydrogen-bond donors (Lipinski definition) is 2. The van der Waals surface area contributed by atoms with Crippen molar-refractivity contribution < 1.29 is 12.8 Å². The summed E-state index contributed by atoms with van der Waals surface area (Å²) in [5.74, 6) is 0.134. The highest BCUT2D eigenvalue weighted by Gasteiger charge is 2.11. The van der Waals surface area contributed by atoms with E-state index in [2.05, 4.69) is 41.4 Å². The van der Waals surface area contributed by atoms with Gasteiger partial charge >= 0.3 is 0 Å². The lowest BCUT2D eigenvalue weighted by molar-refractivity contribution is 0.268. The normalized spacial score (nSPS) is 12.2. The van der Waals surface area contributed by atoms with Crippen LogP contribution in [0.25, 0.3) is 0 Å². The standard InChI is InChI=1S/C20H35FN4O2S.HI/c1-6-22-20(23-11-7-8-12-25(4)16(2)3)24-14-18-13-19(21)10-9-17(18)15-28(5,26)27;/h9-10,13,16H,6-8,11-12,14-15H2,1-5H3,(H2,22,23,24);1H. The summed E-state index contributed by atoms with van der Waals surface area (Å²) in [6, 6.07) is 4.70. The van der Waals surface area contributed by atoms with E-state index in [-0.39, 0.29) is 36.3 Å². The fourth-order valence-electron chi connectivity index (χ4n) is 2.62. The van der Waals surface area contributed by atoms with E-state index < -0.39 is 15.7 Å². The first-order chi connectivity index (χ1) is 13.1. The lowest BCUT2D eigenvalue weighted by Gasteiger charge is -2.20. The number of halogens is 2. The van der Waals surface area contributed by atoms with Gasteiger partial charge in [-0.25, -0.2) is 17.8 Å². The highest BCUT2D eigenvalue weighted by atomic mass is 127. The highest BCUT2D eigenvalue weighted by molar-refractivity contribution is 14.0. The van der Waals surface area contributed by atoms with Gasteiger partial charge in [-0.05, 0) is 70.5 Å². The zero-order valence-corrected chi connectivity index (χ0v) is 21.3. The Kier molecular flexibility index (Phi) is 13.7. The van der Waals surface area contributed by atoms with E-state index >= 15 is 0 Å². The van der Waals surface area contributed by atoms with Crippen LogP contribution < -0.4 is 10.6 Å². The van der Waals surface area contributed by atoms with Gasteiger partial charge in [-0.1, -0.05) is 6.07 Å². The molecule has 2 N–H and O–H groups in total. The van der Waals surface area contributed by atoms with Crippen molar-refractivity contribution >= 4 is 39.8 Å². The Morgan fingerprint density at radius 2 is 1.90 bits per heavy atom. The zero-order valence-electron chi connectivity index (χ0n) is 18.2. The minimum Gasteiger partial charge on any atom is -0.357 e. The molecule has 0 atom stereocenters. The lowest BCUT2D eigenvalue weighted by atomic mass is 10.1. The second-order valence-electron chi connectivity index (χ2n) is 7.39. The molecule has 0 saturated carbocycles. The lowest BCUT2D eigenvalue weighted by Crippen LogP contribution is -2.38. The van der Waals surface area contributed by atoms with E-state index in [1.54, 1.807) is 0 Å². The molecule has 0 aliphatic rings. The summed E-state index contributed by atoms with van der Waals surface area (Å²) in [4.78, 5) is 6.81. The van der Waals surface area contributed by atoms with Crippen LogP contribution in [0, 0.1) is 5.82 Å². The number of hydrogen-bond acceptors (Lipinski definition) is 4. The first kappa shape index (κ1) is 28.1. The maximum Gasteiger partial charge on any atom is 0.191 e. The van der Waals surface area contributed by atoms with Gasteiger partial charge in [-0.15, -0.1) is 24.0 Å². The smallest absolute Gasteiger partial charge is 0.191 e. The van der Waals surface area contributed by atoms with Gasteiger partial charge in [0.25, 0.3) is 0 Å². The molecule has 9 heteroatoms. The molecule has 0 radical (unpaired) electrons. The van der Waals surface area contributed by atoms with E-state index in [9.17, 15) is 12.8 Å². The van der Waals surface area contributed by atoms with Crippen molar-refractivity contribution in [1.29, 1.82) is 0 Å². The number of nitrogens with one attached hydrogen (secondary N) is 2. The highest BCUT2D eigenvalue weighted by Crippen LogP contribution is 2.15. The van der Waals surface area contributed by atoms with Gasteiger partial charge in [0.15, 0.2) is 15.8 Å². The largest absolute Gasteiger partial charge is 0.357 e. The minimum absolute atomic E-state index is 0. The van der Waals surface area contributed by atoms with Crippen LogP contribution in [0.3, 0.4) is 0 Å². The summed E-state index contributed by atoms with van der Waals surface area (Å²) in [6.45, 7) is 9.10. The van der Waals surface area contributed by atoms with Crippen LogP contribution >= 0.6 is 24.0 Å². The van der Waals surface area contributed by atoms with Crippen molar-refractivity contribution in [3.05, 3.63) is 35.1 Å². The molecule has 6 nitrogen and oxygen atoms in total. The van der Waals surface area contributed by atoms with E-state index in [1.807, 2.05) is 6.92 Å². The first-order valence-corrected chi connectivity index (χ1v) is 11.9. The predicted molar refractivity (Wildman–Crippen MR) is 130 cm³/mol. The second-order valence-corrected chi connectivity index (χ2v) is 9.53. The summed E-state index contributed by atoms with van der Waals surface area (Å²) < 4.78 is 36.9. The predicted octanol–water partition coefficient (Wildman–Crippen LogP) is 3.16. The molecule has 1 rings (SSSR count). The second kappa shape index (κ2) is 14.1. The Hall–Kier alpha value is -0.940. The molecule has 0 spiro atoms. The van der Waals surface area contributed by atoms with E-state index in [1.165, 1.54) is 24.5 Å². The fourth-order valence-corrected chi connectivity index (χ4v) is 3.47. The third-order valence-electron chi connectivity index (χ3n) is 4.45. The van der Waals surface area contributed by atoms with E-state index in [0.29, 0.717) is 29.7 Å². The molecule has 0 saturated heterocycles. The van der Waals surface area contributed by atoms with Gasteiger partial charge in [-0.2, -0.15) is 0 Å². The molecule has 0 aliphatic heterocycles. The van der Waals surface area contributed by atoms with Crippen LogP contribution in [0.5, 0.6) is 0 Å². The van der Waals surface area contributed by atoms with Crippen molar-refractivity contribution in [3.8, 4) is 0 Å². The summed E-state index contributed by atoms with van der Waals surface area (Å²) in [7, 11) is -1.08. The van der Waals surface area contributed by atoms with Crippen molar-refractivity contribution in [2.45, 2.75) is 52.0 Å². The summed E-state index contributed by atoms with van der Waals surface area (Å²) in [5.41, 5.74) is 1.17. The Balaban J connectivity index is 0.00000784. The van der Waals surface area contributed by atoms with Gasteiger partial charge < -0.3 is 15.5 Å². The molecule has 1 aromatic carbocycles. The molecule has 0 aliphatic carbocycles. The van der Waals surface area contributed by atoms with Crippen LogP contribution in [0.15, 0.2) is 23.2 Å². The maximum atomic E-state index is 13.6. The quantitative estimate of drug-likeness (QED) is 0.195. The molecular formula is C20H36FIN4O2S. The number of rotatable bonds is 11. The molecule has 0 amide bonds. The number of sulfone groups is 1. The Bertz CT molecular complexity index is 742. The van der Waals surface area contributed by atoms with Gasteiger partial charge in [-0.3, -0.25) is 0 Å². The van der Waals surface area contributed by atoms with Gasteiger partial charge in [0, 0.05) is 25.4 Å². The molecule has 0 unspecified atom stereocenters. The number of nitrogens with zero attached hydrogens (tertiary/aromatic N) is 2. The van der Waals surface area contributed by atoms with Crippen molar-refractivity contribution in [2.75, 3.05) is 32.9 Å². The molecule has 0 heterocycles. The Morgan fingerprint density at radius 1 is 1.21 bits per heavy atom. The van der Waals surface area contributed by atoms with Crippen LogP contribution in [0.1, 0.15) is 44.7 Å². The van der Waals surface area contributed by atoms with Crippen LogP contribution in [-0.4, -0.2) is 58.3 Å².